The smallest absolute Gasteiger partial charge is 0.261 e. The summed E-state index contributed by atoms with van der Waals surface area (Å²) in [7, 11) is -0.537. The molecule has 0 radical (unpaired) electrons. The highest BCUT2D eigenvalue weighted by molar-refractivity contribution is 7.92. The van der Waals surface area contributed by atoms with Crippen LogP contribution >= 0.6 is 0 Å². The normalized spacial score (nSPS) is 11.0. The Hall–Kier alpha value is -3.32. The van der Waals surface area contributed by atoms with Gasteiger partial charge in [-0.3, -0.25) is 9.52 Å². The predicted octanol–water partition coefficient (Wildman–Crippen LogP) is 4.08. The molecule has 0 aromatic heterocycles. The lowest BCUT2D eigenvalue weighted by Gasteiger charge is -2.18. The molecule has 30 heavy (non-hydrogen) atoms. The number of nitrogens with zero attached hydrogens (tertiary/aromatic N) is 1. The molecule has 0 atom stereocenters. The molecule has 7 heteroatoms. The summed E-state index contributed by atoms with van der Waals surface area (Å²) in [5.41, 5.74) is 2.66. The molecule has 0 fully saturated rings. The standard InChI is InChI=1S/C23H24N2O4S/c1-17-6-4-8-20(14-17)24-30(27,28)22-9-5-7-19(15-22)23(26)25(2)16-18-10-12-21(29-3)13-11-18/h4-15,24H,16H2,1-3H3. The van der Waals surface area contributed by atoms with Crippen molar-refractivity contribution in [2.45, 2.75) is 18.4 Å². The van der Waals surface area contributed by atoms with Crippen molar-refractivity contribution in [3.05, 3.63) is 89.5 Å². The van der Waals surface area contributed by atoms with Gasteiger partial charge in [0.25, 0.3) is 15.9 Å². The number of carbonyl (C=O) groups is 1. The van der Waals surface area contributed by atoms with E-state index in [2.05, 4.69) is 4.72 Å². The second-order valence-electron chi connectivity index (χ2n) is 7.01. The summed E-state index contributed by atoms with van der Waals surface area (Å²) in [4.78, 5) is 14.4. The maximum Gasteiger partial charge on any atom is 0.261 e. The van der Waals surface area contributed by atoms with Crippen molar-refractivity contribution in [2.24, 2.45) is 0 Å². The molecular formula is C23H24N2O4S. The van der Waals surface area contributed by atoms with Gasteiger partial charge < -0.3 is 9.64 Å². The third-order valence-electron chi connectivity index (χ3n) is 4.59. The number of aryl methyl sites for hydroxylation is 1. The summed E-state index contributed by atoms with van der Waals surface area (Å²) in [6.07, 6.45) is 0. The third kappa shape index (κ3) is 5.18. The van der Waals surface area contributed by atoms with Gasteiger partial charge >= 0.3 is 0 Å². The molecule has 0 aliphatic rings. The molecule has 3 rings (SSSR count). The fourth-order valence-corrected chi connectivity index (χ4v) is 4.11. The molecule has 0 saturated heterocycles. The van der Waals surface area contributed by atoms with Gasteiger partial charge in [-0.1, -0.05) is 30.3 Å². The highest BCUT2D eigenvalue weighted by atomic mass is 32.2. The third-order valence-corrected chi connectivity index (χ3v) is 5.97. The van der Waals surface area contributed by atoms with E-state index in [1.807, 2.05) is 37.3 Å². The van der Waals surface area contributed by atoms with E-state index in [1.54, 1.807) is 49.4 Å². The van der Waals surface area contributed by atoms with Crippen LogP contribution in [0.5, 0.6) is 5.75 Å². The average molecular weight is 425 g/mol. The summed E-state index contributed by atoms with van der Waals surface area (Å²) in [5.74, 6) is 0.477. The number of anilines is 1. The van der Waals surface area contributed by atoms with Gasteiger partial charge in [-0.2, -0.15) is 0 Å². The Bertz CT molecular complexity index is 1140. The van der Waals surface area contributed by atoms with Crippen molar-refractivity contribution >= 4 is 21.6 Å². The van der Waals surface area contributed by atoms with Gasteiger partial charge in [-0.05, 0) is 60.5 Å². The lowest BCUT2D eigenvalue weighted by atomic mass is 10.1. The summed E-state index contributed by atoms with van der Waals surface area (Å²) >= 11 is 0. The number of sulfonamides is 1. The van der Waals surface area contributed by atoms with Crippen LogP contribution in [0.4, 0.5) is 5.69 Å². The number of rotatable bonds is 7. The molecule has 0 saturated carbocycles. The van der Waals surface area contributed by atoms with E-state index in [0.29, 0.717) is 17.8 Å². The minimum Gasteiger partial charge on any atom is -0.497 e. The number of hydrogen-bond acceptors (Lipinski definition) is 4. The highest BCUT2D eigenvalue weighted by Crippen LogP contribution is 2.19. The van der Waals surface area contributed by atoms with E-state index in [1.165, 1.54) is 12.1 Å². The summed E-state index contributed by atoms with van der Waals surface area (Å²) in [6.45, 7) is 2.27. The van der Waals surface area contributed by atoms with Crippen LogP contribution in [-0.4, -0.2) is 33.4 Å². The molecule has 6 nitrogen and oxygen atoms in total. The fourth-order valence-electron chi connectivity index (χ4n) is 3.02. The minimum absolute atomic E-state index is 0.0349. The molecule has 0 aliphatic carbocycles. The first-order chi connectivity index (χ1) is 14.3. The molecule has 3 aromatic rings. The molecule has 3 aromatic carbocycles. The van der Waals surface area contributed by atoms with Gasteiger partial charge in [-0.15, -0.1) is 0 Å². The zero-order valence-electron chi connectivity index (χ0n) is 17.1. The Morgan fingerprint density at radius 2 is 1.70 bits per heavy atom. The van der Waals surface area contributed by atoms with Gasteiger partial charge in [0.2, 0.25) is 0 Å². The fraction of sp³-hybridized carbons (Fsp3) is 0.174. The number of amides is 1. The average Bonchev–Trinajstić information content (AvgIpc) is 2.73. The lowest BCUT2D eigenvalue weighted by molar-refractivity contribution is 0.0785. The molecule has 0 spiro atoms. The Kier molecular flexibility index (Phi) is 6.42. The highest BCUT2D eigenvalue weighted by Gasteiger charge is 2.18. The number of methoxy groups -OCH3 is 1. The van der Waals surface area contributed by atoms with Crippen LogP contribution in [-0.2, 0) is 16.6 Å². The Morgan fingerprint density at radius 3 is 2.37 bits per heavy atom. The Morgan fingerprint density at radius 1 is 1.00 bits per heavy atom. The maximum atomic E-state index is 12.8. The molecule has 0 heterocycles. The molecule has 0 bridgehead atoms. The van der Waals surface area contributed by atoms with Crippen molar-refractivity contribution in [1.82, 2.24) is 4.90 Å². The van der Waals surface area contributed by atoms with Crippen molar-refractivity contribution in [2.75, 3.05) is 18.9 Å². The van der Waals surface area contributed by atoms with E-state index < -0.39 is 10.0 Å². The summed E-state index contributed by atoms with van der Waals surface area (Å²) in [5, 5.41) is 0. The van der Waals surface area contributed by atoms with Gasteiger partial charge in [0, 0.05) is 24.8 Å². The molecule has 0 unspecified atom stereocenters. The first kappa shape index (κ1) is 21.4. The Labute approximate surface area is 177 Å². The molecule has 156 valence electrons. The predicted molar refractivity (Wildman–Crippen MR) is 117 cm³/mol. The lowest BCUT2D eigenvalue weighted by Crippen LogP contribution is -2.26. The summed E-state index contributed by atoms with van der Waals surface area (Å²) < 4.78 is 33.2. The van der Waals surface area contributed by atoms with Crippen molar-refractivity contribution in [1.29, 1.82) is 0 Å². The van der Waals surface area contributed by atoms with Crippen LogP contribution in [0.25, 0.3) is 0 Å². The quantitative estimate of drug-likeness (QED) is 0.620. The first-order valence-corrected chi connectivity index (χ1v) is 10.8. The summed E-state index contributed by atoms with van der Waals surface area (Å²) in [6, 6.07) is 20.6. The number of nitrogens with one attached hydrogen (secondary N) is 1. The van der Waals surface area contributed by atoms with Crippen LogP contribution in [0, 0.1) is 6.92 Å². The van der Waals surface area contributed by atoms with E-state index in [4.69, 9.17) is 4.74 Å². The second kappa shape index (κ2) is 9.00. The molecule has 1 amide bonds. The van der Waals surface area contributed by atoms with E-state index >= 15 is 0 Å². The SMILES string of the molecule is COc1ccc(CN(C)C(=O)c2cccc(S(=O)(=O)Nc3cccc(C)c3)c2)cc1. The van der Waals surface area contributed by atoms with Gasteiger partial charge in [0.15, 0.2) is 0 Å². The Balaban J connectivity index is 1.76. The van der Waals surface area contributed by atoms with Crippen LogP contribution in [0.2, 0.25) is 0 Å². The first-order valence-electron chi connectivity index (χ1n) is 9.36. The number of hydrogen-bond donors (Lipinski definition) is 1. The second-order valence-corrected chi connectivity index (χ2v) is 8.69. The van der Waals surface area contributed by atoms with Crippen LogP contribution in [0.3, 0.4) is 0 Å². The molecular weight excluding hydrogens is 400 g/mol. The van der Waals surface area contributed by atoms with E-state index in [9.17, 15) is 13.2 Å². The van der Waals surface area contributed by atoms with Gasteiger partial charge in [0.05, 0.1) is 12.0 Å². The van der Waals surface area contributed by atoms with Crippen LogP contribution < -0.4 is 9.46 Å². The minimum atomic E-state index is -3.81. The van der Waals surface area contributed by atoms with E-state index in [-0.39, 0.29) is 10.8 Å². The maximum absolute atomic E-state index is 12.8. The number of benzene rings is 3. The van der Waals surface area contributed by atoms with Crippen molar-refractivity contribution in [3.63, 3.8) is 0 Å². The molecule has 0 aliphatic heterocycles. The molecule has 1 N–H and O–H groups in total. The van der Waals surface area contributed by atoms with Crippen molar-refractivity contribution in [3.8, 4) is 5.75 Å². The number of carbonyl (C=O) groups excluding carboxylic acids is 1. The van der Waals surface area contributed by atoms with Gasteiger partial charge in [0.1, 0.15) is 5.75 Å². The van der Waals surface area contributed by atoms with Gasteiger partial charge in [-0.25, -0.2) is 8.42 Å². The zero-order valence-corrected chi connectivity index (χ0v) is 17.9. The van der Waals surface area contributed by atoms with Crippen LogP contribution in [0.1, 0.15) is 21.5 Å². The van der Waals surface area contributed by atoms with Crippen LogP contribution in [0.15, 0.2) is 77.7 Å². The largest absolute Gasteiger partial charge is 0.497 e. The van der Waals surface area contributed by atoms with E-state index in [0.717, 1.165) is 16.9 Å². The van der Waals surface area contributed by atoms with Crippen molar-refractivity contribution < 1.29 is 17.9 Å². The number of ether oxygens (including phenoxy) is 1. The zero-order chi connectivity index (χ0) is 21.7. The monoisotopic (exact) mass is 424 g/mol. The topological polar surface area (TPSA) is 75.7 Å².